The predicted molar refractivity (Wildman–Crippen MR) is 89.4 cm³/mol. The highest BCUT2D eigenvalue weighted by Crippen LogP contribution is 2.38. The lowest BCUT2D eigenvalue weighted by Gasteiger charge is -2.40. The van der Waals surface area contributed by atoms with E-state index in [1.165, 1.54) is 22.7 Å². The number of hydrogen-bond donors (Lipinski definition) is 1. The average Bonchev–Trinajstić information content (AvgIpc) is 2.77. The fourth-order valence-corrected chi connectivity index (χ4v) is 4.35. The Kier molecular flexibility index (Phi) is 4.93. The van der Waals surface area contributed by atoms with Gasteiger partial charge in [0.05, 0.1) is 6.04 Å². The zero-order valence-electron chi connectivity index (χ0n) is 13.6. The van der Waals surface area contributed by atoms with E-state index in [4.69, 9.17) is 5.73 Å². The molecule has 1 aliphatic rings. The first-order chi connectivity index (χ1) is 9.29. The van der Waals surface area contributed by atoms with E-state index in [2.05, 4.69) is 51.7 Å². The summed E-state index contributed by atoms with van der Waals surface area (Å²) in [6, 6.07) is 5.32. The third kappa shape index (κ3) is 3.63. The van der Waals surface area contributed by atoms with Crippen molar-refractivity contribution in [2.45, 2.75) is 65.0 Å². The van der Waals surface area contributed by atoms with Gasteiger partial charge in [0.15, 0.2) is 0 Å². The number of nitrogens with two attached hydrogens (primary N) is 1. The molecule has 2 unspecified atom stereocenters. The summed E-state index contributed by atoms with van der Waals surface area (Å²) >= 11 is 1.96. The SMILES string of the molecule is CC(C)CN1CCCC(N)C1c1ccc(C(C)(C)C)s1. The third-order valence-corrected chi connectivity index (χ3v) is 5.62. The van der Waals surface area contributed by atoms with Gasteiger partial charge in [0.1, 0.15) is 0 Å². The molecule has 0 spiro atoms. The van der Waals surface area contributed by atoms with E-state index in [-0.39, 0.29) is 11.5 Å². The largest absolute Gasteiger partial charge is 0.326 e. The Morgan fingerprint density at radius 2 is 2.05 bits per heavy atom. The van der Waals surface area contributed by atoms with Gasteiger partial charge in [-0.15, -0.1) is 11.3 Å². The molecule has 1 aromatic rings. The van der Waals surface area contributed by atoms with Crippen LogP contribution in [0.4, 0.5) is 0 Å². The molecule has 0 aliphatic carbocycles. The molecule has 114 valence electrons. The maximum Gasteiger partial charge on any atom is 0.0593 e. The molecule has 1 saturated heterocycles. The second-order valence-corrected chi connectivity index (χ2v) is 8.71. The number of thiophene rings is 1. The minimum absolute atomic E-state index is 0.241. The summed E-state index contributed by atoms with van der Waals surface area (Å²) in [6.07, 6.45) is 2.39. The highest BCUT2D eigenvalue weighted by Gasteiger charge is 2.32. The van der Waals surface area contributed by atoms with Crippen molar-refractivity contribution in [1.82, 2.24) is 4.90 Å². The van der Waals surface area contributed by atoms with E-state index >= 15 is 0 Å². The van der Waals surface area contributed by atoms with Gasteiger partial charge < -0.3 is 5.73 Å². The maximum absolute atomic E-state index is 6.46. The van der Waals surface area contributed by atoms with Crippen molar-refractivity contribution >= 4 is 11.3 Å². The second-order valence-electron chi connectivity index (χ2n) is 7.59. The molecule has 3 heteroatoms. The summed E-state index contributed by atoms with van der Waals surface area (Å²) in [5.74, 6) is 0.699. The van der Waals surface area contributed by atoms with E-state index in [1.54, 1.807) is 0 Å². The molecule has 2 atom stereocenters. The highest BCUT2D eigenvalue weighted by atomic mass is 32.1. The topological polar surface area (TPSA) is 29.3 Å². The lowest BCUT2D eigenvalue weighted by molar-refractivity contribution is 0.116. The van der Waals surface area contributed by atoms with Crippen LogP contribution in [0.1, 0.15) is 63.3 Å². The van der Waals surface area contributed by atoms with E-state index < -0.39 is 0 Å². The molecule has 0 amide bonds. The number of hydrogen-bond acceptors (Lipinski definition) is 3. The van der Waals surface area contributed by atoms with Gasteiger partial charge in [0, 0.05) is 22.3 Å². The highest BCUT2D eigenvalue weighted by molar-refractivity contribution is 7.12. The Labute approximate surface area is 128 Å². The van der Waals surface area contributed by atoms with Crippen LogP contribution < -0.4 is 5.73 Å². The molecule has 2 N–H and O–H groups in total. The van der Waals surface area contributed by atoms with E-state index in [1.807, 2.05) is 11.3 Å². The normalized spacial score (nSPS) is 25.4. The lowest BCUT2D eigenvalue weighted by atomic mass is 9.93. The molecule has 0 bridgehead atoms. The molecular formula is C17H30N2S. The van der Waals surface area contributed by atoms with Crippen LogP contribution in [-0.2, 0) is 5.41 Å². The van der Waals surface area contributed by atoms with E-state index in [0.29, 0.717) is 12.0 Å². The monoisotopic (exact) mass is 294 g/mol. The number of piperidine rings is 1. The van der Waals surface area contributed by atoms with Crippen molar-refractivity contribution < 1.29 is 0 Å². The van der Waals surface area contributed by atoms with E-state index in [9.17, 15) is 0 Å². The Balaban J connectivity index is 2.23. The first kappa shape index (κ1) is 16.0. The minimum Gasteiger partial charge on any atom is -0.326 e. The van der Waals surface area contributed by atoms with Crippen molar-refractivity contribution in [3.63, 3.8) is 0 Å². The minimum atomic E-state index is 0.241. The molecular weight excluding hydrogens is 264 g/mol. The summed E-state index contributed by atoms with van der Waals surface area (Å²) in [6.45, 7) is 13.8. The molecule has 1 aromatic heterocycles. The lowest BCUT2D eigenvalue weighted by Crippen LogP contribution is -2.46. The van der Waals surface area contributed by atoms with Crippen molar-refractivity contribution in [2.24, 2.45) is 11.7 Å². The number of nitrogens with zero attached hydrogens (tertiary/aromatic N) is 1. The van der Waals surface area contributed by atoms with Crippen LogP contribution in [-0.4, -0.2) is 24.0 Å². The molecule has 0 radical (unpaired) electrons. The molecule has 1 fully saturated rings. The van der Waals surface area contributed by atoms with E-state index in [0.717, 1.165) is 13.0 Å². The average molecular weight is 295 g/mol. The molecule has 1 aliphatic heterocycles. The second kappa shape index (κ2) is 6.17. The molecule has 0 saturated carbocycles. The van der Waals surface area contributed by atoms with Gasteiger partial charge in [0.2, 0.25) is 0 Å². The first-order valence-corrected chi connectivity index (χ1v) is 8.70. The van der Waals surface area contributed by atoms with Crippen molar-refractivity contribution in [2.75, 3.05) is 13.1 Å². The Hall–Kier alpha value is -0.380. The van der Waals surface area contributed by atoms with Crippen LogP contribution in [0.5, 0.6) is 0 Å². The van der Waals surface area contributed by atoms with Crippen molar-refractivity contribution in [3.05, 3.63) is 21.9 Å². The van der Waals surface area contributed by atoms with Crippen LogP contribution in [0.25, 0.3) is 0 Å². The smallest absolute Gasteiger partial charge is 0.0593 e. The number of likely N-dealkylation sites (tertiary alicyclic amines) is 1. The summed E-state index contributed by atoms with van der Waals surface area (Å²) in [4.78, 5) is 5.54. The predicted octanol–water partition coefficient (Wildman–Crippen LogP) is 4.17. The standard InChI is InChI=1S/C17H30N2S/c1-12(2)11-19-10-6-7-13(18)16(19)14-8-9-15(20-14)17(3,4)5/h8-9,12-13,16H,6-7,10-11,18H2,1-5H3. The van der Waals surface area contributed by atoms with Crippen LogP contribution in [0.15, 0.2) is 12.1 Å². The van der Waals surface area contributed by atoms with Gasteiger partial charge in [-0.1, -0.05) is 34.6 Å². The zero-order chi connectivity index (χ0) is 14.9. The fourth-order valence-electron chi connectivity index (χ4n) is 3.08. The van der Waals surface area contributed by atoms with Gasteiger partial charge >= 0.3 is 0 Å². The summed E-state index contributed by atoms with van der Waals surface area (Å²) < 4.78 is 0. The Bertz CT molecular complexity index is 430. The number of rotatable bonds is 3. The van der Waals surface area contributed by atoms with Crippen molar-refractivity contribution in [1.29, 1.82) is 0 Å². The molecule has 2 heterocycles. The maximum atomic E-state index is 6.46. The van der Waals surface area contributed by atoms with Gasteiger partial charge in [0.25, 0.3) is 0 Å². The molecule has 2 nitrogen and oxygen atoms in total. The third-order valence-electron chi connectivity index (χ3n) is 4.04. The van der Waals surface area contributed by atoms with Gasteiger partial charge in [-0.05, 0) is 42.9 Å². The van der Waals surface area contributed by atoms with Gasteiger partial charge in [-0.2, -0.15) is 0 Å². The van der Waals surface area contributed by atoms with Crippen LogP contribution >= 0.6 is 11.3 Å². The Morgan fingerprint density at radius 3 is 2.60 bits per heavy atom. The fraction of sp³-hybridized carbons (Fsp3) is 0.765. The van der Waals surface area contributed by atoms with Gasteiger partial charge in [-0.3, -0.25) is 4.90 Å². The van der Waals surface area contributed by atoms with Gasteiger partial charge in [-0.25, -0.2) is 0 Å². The van der Waals surface area contributed by atoms with Crippen molar-refractivity contribution in [3.8, 4) is 0 Å². The van der Waals surface area contributed by atoms with Crippen LogP contribution in [0, 0.1) is 5.92 Å². The summed E-state index contributed by atoms with van der Waals surface area (Å²) in [5, 5.41) is 0. The van der Waals surface area contributed by atoms with Crippen LogP contribution in [0.2, 0.25) is 0 Å². The zero-order valence-corrected chi connectivity index (χ0v) is 14.5. The first-order valence-electron chi connectivity index (χ1n) is 7.89. The van der Waals surface area contributed by atoms with Crippen LogP contribution in [0.3, 0.4) is 0 Å². The summed E-state index contributed by atoms with van der Waals surface area (Å²) in [7, 11) is 0. The molecule has 20 heavy (non-hydrogen) atoms. The molecule has 2 rings (SSSR count). The molecule has 0 aromatic carbocycles. The quantitative estimate of drug-likeness (QED) is 0.906. The Morgan fingerprint density at radius 1 is 1.35 bits per heavy atom. The summed E-state index contributed by atoms with van der Waals surface area (Å²) in [5.41, 5.74) is 6.70.